The van der Waals surface area contributed by atoms with E-state index in [0.29, 0.717) is 0 Å². The van der Waals surface area contributed by atoms with Gasteiger partial charge in [0.1, 0.15) is 0 Å². The van der Waals surface area contributed by atoms with Crippen LogP contribution < -0.4 is 10.9 Å². The van der Waals surface area contributed by atoms with E-state index in [1.807, 2.05) is 28.2 Å². The highest BCUT2D eigenvalue weighted by atomic mass is 15.9. The van der Waals surface area contributed by atoms with E-state index in [1.165, 1.54) is 0 Å². The van der Waals surface area contributed by atoms with E-state index < -0.39 is 0 Å². The van der Waals surface area contributed by atoms with Crippen LogP contribution in [-0.2, 0) is 0 Å². The minimum Gasteiger partial charge on any atom is -0.264 e. The van der Waals surface area contributed by atoms with Gasteiger partial charge in [-0.3, -0.25) is 9.80 Å². The molecule has 0 aromatic carbocycles. The Labute approximate surface area is 55.8 Å². The third kappa shape index (κ3) is 0.943. The van der Waals surface area contributed by atoms with Crippen LogP contribution >= 0.6 is 0 Å². The molecule has 1 aliphatic rings. The molecule has 54 valence electrons. The van der Waals surface area contributed by atoms with Gasteiger partial charge in [-0.1, -0.05) is 0 Å². The van der Waals surface area contributed by atoms with Crippen LogP contribution in [0.3, 0.4) is 0 Å². The first-order valence-electron chi connectivity index (χ1n) is 2.99. The molecule has 0 aliphatic carbocycles. The summed E-state index contributed by atoms with van der Waals surface area (Å²) in [6.45, 7) is 0. The zero-order valence-electron chi connectivity index (χ0n) is 6.39. The Balaban J connectivity index is 2.52. The van der Waals surface area contributed by atoms with Gasteiger partial charge >= 0.3 is 0 Å². The fraction of sp³-hybridized carbons (Fsp3) is 1.00. The van der Waals surface area contributed by atoms with Gasteiger partial charge in [0.15, 0.2) is 0 Å². The lowest BCUT2D eigenvalue weighted by Gasteiger charge is -2.26. The van der Waals surface area contributed by atoms with E-state index in [-0.39, 0.29) is 5.91 Å². The molecule has 1 aliphatic heterocycles. The Hall–Kier alpha value is -0.160. The summed E-state index contributed by atoms with van der Waals surface area (Å²) in [6, 6.07) is 0. The van der Waals surface area contributed by atoms with Gasteiger partial charge in [0.05, 0.1) is 0 Å². The molecular weight excluding hydrogens is 116 g/mol. The molecule has 1 rings (SSSR count). The molecule has 1 heterocycles. The summed E-state index contributed by atoms with van der Waals surface area (Å²) in [5.41, 5.74) is 6.10. The van der Waals surface area contributed by atoms with Crippen molar-refractivity contribution in [2.24, 2.45) is 0 Å². The maximum Gasteiger partial charge on any atom is 0.211 e. The van der Waals surface area contributed by atoms with Crippen molar-refractivity contribution in [3.8, 4) is 0 Å². The molecule has 0 saturated carbocycles. The minimum atomic E-state index is -0.0833. The van der Waals surface area contributed by atoms with E-state index in [0.717, 1.165) is 0 Å². The Morgan fingerprint density at radius 2 is 1.22 bits per heavy atom. The van der Waals surface area contributed by atoms with Crippen molar-refractivity contribution in [3.05, 3.63) is 0 Å². The first-order valence-corrected chi connectivity index (χ1v) is 2.99. The predicted molar refractivity (Wildman–Crippen MR) is 36.4 cm³/mol. The molecule has 0 unspecified atom stereocenters. The summed E-state index contributed by atoms with van der Waals surface area (Å²) in [6.07, 6.45) is 0. The van der Waals surface area contributed by atoms with Gasteiger partial charge in [0.2, 0.25) is 5.91 Å². The molecule has 0 aromatic rings. The quantitative estimate of drug-likeness (QED) is 0.365. The smallest absolute Gasteiger partial charge is 0.211 e. The molecule has 4 heteroatoms. The largest absolute Gasteiger partial charge is 0.264 e. The van der Waals surface area contributed by atoms with Gasteiger partial charge < -0.3 is 0 Å². The first kappa shape index (κ1) is 6.95. The molecule has 0 spiro atoms. The molecule has 4 nitrogen and oxygen atoms in total. The Morgan fingerprint density at radius 1 is 0.889 bits per heavy atom. The molecular formula is C5H14N4. The van der Waals surface area contributed by atoms with Gasteiger partial charge in [-0.15, -0.1) is 0 Å². The highest BCUT2D eigenvalue weighted by Gasteiger charge is 2.46. The van der Waals surface area contributed by atoms with Gasteiger partial charge in [-0.05, 0) is 28.2 Å². The normalized spacial score (nSPS) is 23.3. The Bertz CT molecular complexity index is 95.5. The second-order valence-corrected chi connectivity index (χ2v) is 2.71. The van der Waals surface area contributed by atoms with E-state index in [9.17, 15) is 0 Å². The highest BCUT2D eigenvalue weighted by molar-refractivity contribution is 4.87. The third-order valence-corrected chi connectivity index (χ3v) is 1.64. The van der Waals surface area contributed by atoms with Crippen molar-refractivity contribution in [1.29, 1.82) is 0 Å². The lowest BCUT2D eigenvalue weighted by atomic mass is 10.6. The van der Waals surface area contributed by atoms with Crippen molar-refractivity contribution < 1.29 is 0 Å². The maximum absolute atomic E-state index is 3.05. The number of nitrogens with one attached hydrogen (secondary N) is 2. The number of rotatable bonds is 2. The molecule has 0 atom stereocenters. The van der Waals surface area contributed by atoms with E-state index >= 15 is 0 Å². The first-order chi connectivity index (χ1) is 4.09. The predicted octanol–water partition coefficient (Wildman–Crippen LogP) is -1.17. The van der Waals surface area contributed by atoms with Crippen LogP contribution in [-0.4, -0.2) is 43.9 Å². The Kier molecular flexibility index (Phi) is 1.48. The van der Waals surface area contributed by atoms with Gasteiger partial charge in [-0.2, -0.15) is 0 Å². The second kappa shape index (κ2) is 1.91. The topological polar surface area (TPSA) is 50.4 Å². The summed E-state index contributed by atoms with van der Waals surface area (Å²) >= 11 is 0. The lowest BCUT2D eigenvalue weighted by Crippen LogP contribution is -2.48. The average molecular weight is 130 g/mol. The van der Waals surface area contributed by atoms with Crippen LogP contribution in [0.25, 0.3) is 0 Å². The molecule has 0 radical (unpaired) electrons. The summed E-state index contributed by atoms with van der Waals surface area (Å²) in [5, 5.41) is 0. The SMILES string of the molecule is CN(C)C1(N(C)C)NN1. The summed E-state index contributed by atoms with van der Waals surface area (Å²) in [5.74, 6) is -0.0833. The zero-order chi connectivity index (χ0) is 7.07. The van der Waals surface area contributed by atoms with Crippen LogP contribution in [0, 0.1) is 0 Å². The van der Waals surface area contributed by atoms with Crippen molar-refractivity contribution >= 4 is 0 Å². The molecule has 2 N–H and O–H groups in total. The Morgan fingerprint density at radius 3 is 1.22 bits per heavy atom. The standard InChI is InChI=1S/C5H14N4/c1-8(2)5(6-7-5)9(3)4/h6-7H,1-4H3. The van der Waals surface area contributed by atoms with Gasteiger partial charge in [0, 0.05) is 0 Å². The van der Waals surface area contributed by atoms with Gasteiger partial charge in [-0.25, -0.2) is 10.9 Å². The van der Waals surface area contributed by atoms with Crippen LogP contribution in [0.4, 0.5) is 0 Å². The molecule has 1 saturated heterocycles. The number of hydrogen-bond donors (Lipinski definition) is 2. The number of nitrogens with zero attached hydrogens (tertiary/aromatic N) is 2. The van der Waals surface area contributed by atoms with Gasteiger partial charge in [0.25, 0.3) is 0 Å². The van der Waals surface area contributed by atoms with Crippen LogP contribution in [0.15, 0.2) is 0 Å². The zero-order valence-corrected chi connectivity index (χ0v) is 6.39. The monoisotopic (exact) mass is 130 g/mol. The fourth-order valence-corrected chi connectivity index (χ4v) is 0.903. The van der Waals surface area contributed by atoms with Crippen molar-refractivity contribution in [2.45, 2.75) is 5.91 Å². The summed E-state index contributed by atoms with van der Waals surface area (Å²) in [7, 11) is 8.08. The van der Waals surface area contributed by atoms with Crippen molar-refractivity contribution in [3.63, 3.8) is 0 Å². The molecule has 0 aromatic heterocycles. The minimum absolute atomic E-state index is 0.0833. The lowest BCUT2D eigenvalue weighted by molar-refractivity contribution is 0.0880. The van der Waals surface area contributed by atoms with Crippen LogP contribution in [0.5, 0.6) is 0 Å². The average Bonchev–Trinajstić information content (AvgIpc) is 2.40. The molecule has 9 heavy (non-hydrogen) atoms. The van der Waals surface area contributed by atoms with E-state index in [2.05, 4.69) is 20.7 Å². The highest BCUT2D eigenvalue weighted by Crippen LogP contribution is 2.14. The van der Waals surface area contributed by atoms with Crippen LogP contribution in [0.2, 0.25) is 0 Å². The second-order valence-electron chi connectivity index (χ2n) is 2.71. The number of hydrogen-bond acceptors (Lipinski definition) is 4. The fourth-order valence-electron chi connectivity index (χ4n) is 0.903. The molecule has 1 fully saturated rings. The van der Waals surface area contributed by atoms with Crippen molar-refractivity contribution in [2.75, 3.05) is 28.2 Å². The molecule has 0 bridgehead atoms. The summed E-state index contributed by atoms with van der Waals surface area (Å²) in [4.78, 5) is 4.15. The van der Waals surface area contributed by atoms with E-state index in [4.69, 9.17) is 0 Å². The maximum atomic E-state index is 3.05. The van der Waals surface area contributed by atoms with Crippen LogP contribution in [0.1, 0.15) is 0 Å². The van der Waals surface area contributed by atoms with Crippen molar-refractivity contribution in [1.82, 2.24) is 20.7 Å². The molecule has 0 amide bonds. The summed E-state index contributed by atoms with van der Waals surface area (Å²) < 4.78 is 0. The third-order valence-electron chi connectivity index (χ3n) is 1.64. The number of hydrazine groups is 1. The van der Waals surface area contributed by atoms with E-state index in [1.54, 1.807) is 0 Å².